The van der Waals surface area contributed by atoms with Crippen LogP contribution in [-0.4, -0.2) is 28.2 Å². The molecule has 3 aromatic rings. The summed E-state index contributed by atoms with van der Waals surface area (Å²) in [5.74, 6) is 0. The Morgan fingerprint density at radius 3 is 1.19 bits per heavy atom. The van der Waals surface area contributed by atoms with Gasteiger partial charge in [-0.1, -0.05) is 48.6 Å². The van der Waals surface area contributed by atoms with Crippen LogP contribution in [0.1, 0.15) is 33.4 Å². The third-order valence-corrected chi connectivity index (χ3v) is 5.19. The summed E-state index contributed by atoms with van der Waals surface area (Å²) >= 11 is 0. The molecule has 0 aromatic heterocycles. The number of hydrogen-bond donors (Lipinski definition) is 0. The summed E-state index contributed by atoms with van der Waals surface area (Å²) in [7, 11) is 8.01. The first-order valence-corrected chi connectivity index (χ1v) is 10.3. The molecule has 3 rings (SSSR count). The quantitative estimate of drug-likeness (QED) is 0.468. The zero-order valence-corrected chi connectivity index (χ0v) is 18.9. The fraction of sp³-hybridized carbons (Fsp3) is 0.143. The number of anilines is 2. The highest BCUT2D eigenvalue weighted by Gasteiger charge is 2.07. The van der Waals surface area contributed by atoms with E-state index in [1.165, 1.54) is 0 Å². The topological polar surface area (TPSA) is 54.1 Å². The lowest BCUT2D eigenvalue weighted by molar-refractivity contribution is 1.13. The van der Waals surface area contributed by atoms with Gasteiger partial charge >= 0.3 is 0 Å². The molecule has 0 aliphatic heterocycles. The second kappa shape index (κ2) is 10.2. The molecule has 0 amide bonds. The molecule has 158 valence electrons. The van der Waals surface area contributed by atoms with Crippen molar-refractivity contribution in [1.82, 2.24) is 0 Å². The molecule has 0 atom stereocenters. The largest absolute Gasteiger partial charge is 0.378 e. The predicted molar refractivity (Wildman–Crippen MR) is 135 cm³/mol. The Bertz CT molecular complexity index is 1120. The van der Waals surface area contributed by atoms with E-state index in [2.05, 4.69) is 12.1 Å². The smallest absolute Gasteiger partial charge is 0.0998 e. The molecule has 32 heavy (non-hydrogen) atoms. The average molecular weight is 419 g/mol. The maximum absolute atomic E-state index is 9.67. The van der Waals surface area contributed by atoms with Crippen molar-refractivity contribution in [3.63, 3.8) is 0 Å². The Balaban J connectivity index is 1.87. The molecule has 0 saturated heterocycles. The summed E-state index contributed by atoms with van der Waals surface area (Å²) in [4.78, 5) is 4.09. The molecule has 0 fully saturated rings. The van der Waals surface area contributed by atoms with Gasteiger partial charge in [0, 0.05) is 39.6 Å². The van der Waals surface area contributed by atoms with Gasteiger partial charge in [0.15, 0.2) is 0 Å². The predicted octanol–water partition coefficient (Wildman–Crippen LogP) is 5.90. The van der Waals surface area contributed by atoms with Gasteiger partial charge in [0.1, 0.15) is 0 Å². The van der Waals surface area contributed by atoms with E-state index >= 15 is 0 Å². The van der Waals surface area contributed by atoms with Gasteiger partial charge in [-0.25, -0.2) is 0 Å². The van der Waals surface area contributed by atoms with E-state index in [1.54, 1.807) is 12.1 Å². The van der Waals surface area contributed by atoms with Gasteiger partial charge in [0.25, 0.3) is 0 Å². The van der Waals surface area contributed by atoms with Crippen LogP contribution in [0.5, 0.6) is 0 Å². The van der Waals surface area contributed by atoms with E-state index in [4.69, 9.17) is 0 Å². The molecule has 3 aromatic carbocycles. The minimum absolute atomic E-state index is 0.535. The zero-order valence-electron chi connectivity index (χ0n) is 18.9. The zero-order chi connectivity index (χ0) is 23.1. The van der Waals surface area contributed by atoms with Gasteiger partial charge in [0.2, 0.25) is 0 Å². The summed E-state index contributed by atoms with van der Waals surface area (Å²) < 4.78 is 0. The minimum Gasteiger partial charge on any atom is -0.378 e. The summed E-state index contributed by atoms with van der Waals surface area (Å²) in [6.45, 7) is 0. The highest BCUT2D eigenvalue weighted by molar-refractivity contribution is 5.79. The highest BCUT2D eigenvalue weighted by Crippen LogP contribution is 2.22. The molecule has 0 bridgehead atoms. The van der Waals surface area contributed by atoms with Crippen molar-refractivity contribution in [2.75, 3.05) is 38.0 Å². The third kappa shape index (κ3) is 5.45. The molecule has 4 heteroatoms. The Kier molecular flexibility index (Phi) is 7.11. The molecule has 0 aliphatic rings. The lowest BCUT2D eigenvalue weighted by atomic mass is 9.97. The van der Waals surface area contributed by atoms with Gasteiger partial charge in [-0.05, 0) is 58.7 Å². The molecule has 0 unspecified atom stereocenters. The van der Waals surface area contributed by atoms with Crippen molar-refractivity contribution in [3.8, 4) is 12.1 Å². The standard InChI is InChI=1S/C28H26N4/c1-31(2)27-13-7-21(8-14-27)5-11-23-17-26(20-30)24(18-25(23)19-29)12-6-22-9-15-28(16-10-22)32(3)4/h5-18H,1-4H3. The minimum atomic E-state index is 0.535. The Morgan fingerprint density at radius 1 is 0.562 bits per heavy atom. The van der Waals surface area contributed by atoms with Crippen LogP contribution in [0.2, 0.25) is 0 Å². The van der Waals surface area contributed by atoms with Gasteiger partial charge in [-0.3, -0.25) is 0 Å². The molecule has 0 saturated carbocycles. The van der Waals surface area contributed by atoms with Gasteiger partial charge in [-0.2, -0.15) is 10.5 Å². The molecule has 0 heterocycles. The molecule has 0 aliphatic carbocycles. The lowest BCUT2D eigenvalue weighted by Gasteiger charge is -2.12. The maximum atomic E-state index is 9.67. The molecular weight excluding hydrogens is 392 g/mol. The first kappa shape index (κ1) is 22.4. The van der Waals surface area contributed by atoms with Crippen LogP contribution in [0.15, 0.2) is 60.7 Å². The van der Waals surface area contributed by atoms with Crippen molar-refractivity contribution in [1.29, 1.82) is 10.5 Å². The van der Waals surface area contributed by atoms with Gasteiger partial charge < -0.3 is 9.80 Å². The average Bonchev–Trinajstić information content (AvgIpc) is 2.81. The summed E-state index contributed by atoms with van der Waals surface area (Å²) in [6, 6.07) is 24.4. The lowest BCUT2D eigenvalue weighted by Crippen LogP contribution is -2.07. The summed E-state index contributed by atoms with van der Waals surface area (Å²) in [6.07, 6.45) is 7.69. The van der Waals surface area contributed by atoms with E-state index in [9.17, 15) is 10.5 Å². The second-order valence-electron chi connectivity index (χ2n) is 7.89. The normalized spacial score (nSPS) is 10.8. The van der Waals surface area contributed by atoms with Crippen LogP contribution in [0.3, 0.4) is 0 Å². The van der Waals surface area contributed by atoms with Crippen LogP contribution >= 0.6 is 0 Å². The fourth-order valence-electron chi connectivity index (χ4n) is 3.24. The van der Waals surface area contributed by atoms with E-state index < -0.39 is 0 Å². The first-order chi connectivity index (χ1) is 15.4. The number of nitriles is 2. The number of rotatable bonds is 6. The number of nitrogens with zero attached hydrogens (tertiary/aromatic N) is 4. The van der Waals surface area contributed by atoms with E-state index in [1.807, 2.05) is 111 Å². The molecule has 0 spiro atoms. The fourth-order valence-corrected chi connectivity index (χ4v) is 3.24. The highest BCUT2D eigenvalue weighted by atomic mass is 15.1. The molecule has 0 radical (unpaired) electrons. The first-order valence-electron chi connectivity index (χ1n) is 10.3. The van der Waals surface area contributed by atoms with Crippen molar-refractivity contribution in [2.45, 2.75) is 0 Å². The van der Waals surface area contributed by atoms with Crippen LogP contribution < -0.4 is 9.80 Å². The maximum Gasteiger partial charge on any atom is 0.0998 e. The monoisotopic (exact) mass is 418 g/mol. The SMILES string of the molecule is CN(C)c1ccc(C=Cc2cc(C#N)c(C=Cc3ccc(N(C)C)cc3)cc2C#N)cc1. The van der Waals surface area contributed by atoms with Crippen molar-refractivity contribution < 1.29 is 0 Å². The molecule has 0 N–H and O–H groups in total. The summed E-state index contributed by atoms with van der Waals surface area (Å²) in [5.41, 5.74) is 6.84. The van der Waals surface area contributed by atoms with E-state index in [0.29, 0.717) is 11.1 Å². The van der Waals surface area contributed by atoms with Crippen LogP contribution in [0, 0.1) is 22.7 Å². The van der Waals surface area contributed by atoms with Crippen LogP contribution in [0.4, 0.5) is 11.4 Å². The third-order valence-electron chi connectivity index (χ3n) is 5.19. The van der Waals surface area contributed by atoms with E-state index in [-0.39, 0.29) is 0 Å². The van der Waals surface area contributed by atoms with E-state index in [0.717, 1.165) is 33.6 Å². The Hall–Kier alpha value is -4.28. The Labute approximate surface area is 190 Å². The van der Waals surface area contributed by atoms with Crippen LogP contribution in [0.25, 0.3) is 24.3 Å². The second-order valence-corrected chi connectivity index (χ2v) is 7.89. The Morgan fingerprint density at radius 2 is 0.906 bits per heavy atom. The molecular formula is C28H26N4. The number of benzene rings is 3. The van der Waals surface area contributed by atoms with Crippen molar-refractivity contribution in [2.24, 2.45) is 0 Å². The summed E-state index contributed by atoms with van der Waals surface area (Å²) in [5, 5.41) is 19.3. The van der Waals surface area contributed by atoms with Gasteiger partial charge in [-0.15, -0.1) is 0 Å². The molecule has 4 nitrogen and oxygen atoms in total. The number of hydrogen-bond acceptors (Lipinski definition) is 4. The van der Waals surface area contributed by atoms with Gasteiger partial charge in [0.05, 0.1) is 23.3 Å². The van der Waals surface area contributed by atoms with Crippen LogP contribution in [-0.2, 0) is 0 Å². The van der Waals surface area contributed by atoms with Crippen molar-refractivity contribution >= 4 is 35.7 Å². The van der Waals surface area contributed by atoms with Crippen molar-refractivity contribution in [3.05, 3.63) is 94.0 Å².